The summed E-state index contributed by atoms with van der Waals surface area (Å²) in [5.41, 5.74) is 0. The SMILES string of the molecule is CCCC(C)N1CCC(OCC(=O)O)CC1. The van der Waals surface area contributed by atoms with Crippen molar-refractivity contribution in [1.29, 1.82) is 0 Å². The van der Waals surface area contributed by atoms with Gasteiger partial charge in [0.1, 0.15) is 6.61 Å². The first-order chi connectivity index (χ1) is 7.63. The summed E-state index contributed by atoms with van der Waals surface area (Å²) < 4.78 is 5.31. The van der Waals surface area contributed by atoms with Crippen molar-refractivity contribution in [2.75, 3.05) is 19.7 Å². The Labute approximate surface area is 97.6 Å². The Morgan fingerprint density at radius 1 is 1.50 bits per heavy atom. The molecular weight excluding hydrogens is 206 g/mol. The molecule has 1 fully saturated rings. The van der Waals surface area contributed by atoms with Crippen LogP contribution in [0.4, 0.5) is 0 Å². The van der Waals surface area contributed by atoms with E-state index in [9.17, 15) is 4.79 Å². The molecule has 0 aromatic heterocycles. The van der Waals surface area contributed by atoms with Crippen molar-refractivity contribution >= 4 is 5.97 Å². The van der Waals surface area contributed by atoms with E-state index in [-0.39, 0.29) is 12.7 Å². The van der Waals surface area contributed by atoms with Gasteiger partial charge in [-0.15, -0.1) is 0 Å². The fourth-order valence-electron chi connectivity index (χ4n) is 2.27. The molecule has 16 heavy (non-hydrogen) atoms. The highest BCUT2D eigenvalue weighted by molar-refractivity contribution is 5.68. The van der Waals surface area contributed by atoms with Gasteiger partial charge in [-0.2, -0.15) is 0 Å². The van der Waals surface area contributed by atoms with Crippen LogP contribution in [0, 0.1) is 0 Å². The number of hydrogen-bond acceptors (Lipinski definition) is 3. The van der Waals surface area contributed by atoms with Gasteiger partial charge in [0.15, 0.2) is 0 Å². The van der Waals surface area contributed by atoms with Crippen LogP contribution >= 0.6 is 0 Å². The molecule has 1 unspecified atom stereocenters. The molecule has 1 N–H and O–H groups in total. The molecular formula is C12H23NO3. The van der Waals surface area contributed by atoms with Gasteiger partial charge in [0.2, 0.25) is 0 Å². The molecule has 1 aliphatic rings. The van der Waals surface area contributed by atoms with Gasteiger partial charge in [-0.05, 0) is 26.2 Å². The summed E-state index contributed by atoms with van der Waals surface area (Å²) in [7, 11) is 0. The van der Waals surface area contributed by atoms with Gasteiger partial charge >= 0.3 is 5.97 Å². The van der Waals surface area contributed by atoms with Crippen LogP contribution in [0.3, 0.4) is 0 Å². The Balaban J connectivity index is 2.20. The Morgan fingerprint density at radius 3 is 2.62 bits per heavy atom. The van der Waals surface area contributed by atoms with Crippen LogP contribution < -0.4 is 0 Å². The van der Waals surface area contributed by atoms with Crippen LogP contribution in [0.5, 0.6) is 0 Å². The van der Waals surface area contributed by atoms with E-state index in [1.807, 2.05) is 0 Å². The standard InChI is InChI=1S/C12H23NO3/c1-3-4-10(2)13-7-5-11(6-8-13)16-9-12(14)15/h10-11H,3-9H2,1-2H3,(H,14,15). The number of carboxylic acid groups (broad SMARTS) is 1. The molecule has 1 rings (SSSR count). The molecule has 0 aliphatic carbocycles. The highest BCUT2D eigenvalue weighted by atomic mass is 16.5. The van der Waals surface area contributed by atoms with E-state index in [1.54, 1.807) is 0 Å². The summed E-state index contributed by atoms with van der Waals surface area (Å²) in [6.07, 6.45) is 4.51. The summed E-state index contributed by atoms with van der Waals surface area (Å²) in [6, 6.07) is 0.644. The van der Waals surface area contributed by atoms with Gasteiger partial charge in [-0.1, -0.05) is 13.3 Å². The summed E-state index contributed by atoms with van der Waals surface area (Å²) >= 11 is 0. The fourth-order valence-corrected chi connectivity index (χ4v) is 2.27. The second-order valence-corrected chi connectivity index (χ2v) is 4.58. The third-order valence-electron chi connectivity index (χ3n) is 3.25. The van der Waals surface area contributed by atoms with Crippen LogP contribution in [0.2, 0.25) is 0 Å². The predicted molar refractivity (Wildman–Crippen MR) is 62.6 cm³/mol. The average molecular weight is 229 g/mol. The zero-order valence-corrected chi connectivity index (χ0v) is 10.3. The lowest BCUT2D eigenvalue weighted by atomic mass is 10.0. The van der Waals surface area contributed by atoms with Crippen LogP contribution in [-0.4, -0.2) is 47.8 Å². The van der Waals surface area contributed by atoms with E-state index in [2.05, 4.69) is 18.7 Å². The van der Waals surface area contributed by atoms with E-state index >= 15 is 0 Å². The van der Waals surface area contributed by atoms with Crippen molar-refractivity contribution < 1.29 is 14.6 Å². The van der Waals surface area contributed by atoms with E-state index in [0.29, 0.717) is 6.04 Å². The monoisotopic (exact) mass is 229 g/mol. The van der Waals surface area contributed by atoms with Crippen molar-refractivity contribution in [2.24, 2.45) is 0 Å². The average Bonchev–Trinajstić information content (AvgIpc) is 2.27. The molecule has 0 bridgehead atoms. The molecule has 0 radical (unpaired) electrons. The summed E-state index contributed by atoms with van der Waals surface area (Å²) in [4.78, 5) is 12.8. The summed E-state index contributed by atoms with van der Waals surface area (Å²) in [5, 5.41) is 8.52. The van der Waals surface area contributed by atoms with Gasteiger partial charge in [0.25, 0.3) is 0 Å². The summed E-state index contributed by atoms with van der Waals surface area (Å²) in [6.45, 7) is 6.38. The first-order valence-corrected chi connectivity index (χ1v) is 6.21. The van der Waals surface area contributed by atoms with Crippen LogP contribution in [0.15, 0.2) is 0 Å². The lowest BCUT2D eigenvalue weighted by Crippen LogP contribution is -2.42. The molecule has 0 spiro atoms. The molecule has 4 heteroatoms. The van der Waals surface area contributed by atoms with Crippen molar-refractivity contribution in [2.45, 2.75) is 51.7 Å². The van der Waals surface area contributed by atoms with Gasteiger partial charge in [0, 0.05) is 19.1 Å². The first kappa shape index (κ1) is 13.5. The maximum Gasteiger partial charge on any atom is 0.329 e. The molecule has 0 amide bonds. The molecule has 1 saturated heterocycles. The Bertz CT molecular complexity index is 212. The smallest absolute Gasteiger partial charge is 0.329 e. The molecule has 1 atom stereocenters. The van der Waals surface area contributed by atoms with Crippen molar-refractivity contribution in [3.63, 3.8) is 0 Å². The molecule has 0 saturated carbocycles. The fraction of sp³-hybridized carbons (Fsp3) is 0.917. The number of likely N-dealkylation sites (tertiary alicyclic amines) is 1. The second-order valence-electron chi connectivity index (χ2n) is 4.58. The van der Waals surface area contributed by atoms with E-state index in [0.717, 1.165) is 25.9 Å². The largest absolute Gasteiger partial charge is 0.480 e. The van der Waals surface area contributed by atoms with Crippen LogP contribution in [0.25, 0.3) is 0 Å². The number of aliphatic carboxylic acids is 1. The number of piperidine rings is 1. The summed E-state index contributed by atoms with van der Waals surface area (Å²) in [5.74, 6) is -0.873. The third-order valence-corrected chi connectivity index (χ3v) is 3.25. The lowest BCUT2D eigenvalue weighted by Gasteiger charge is -2.35. The number of hydrogen-bond donors (Lipinski definition) is 1. The van der Waals surface area contributed by atoms with Crippen molar-refractivity contribution in [3.05, 3.63) is 0 Å². The number of ether oxygens (including phenoxy) is 1. The normalized spacial score (nSPS) is 20.9. The quantitative estimate of drug-likeness (QED) is 0.753. The van der Waals surface area contributed by atoms with Crippen molar-refractivity contribution in [1.82, 2.24) is 4.90 Å². The number of nitrogens with zero attached hydrogens (tertiary/aromatic N) is 1. The van der Waals surface area contributed by atoms with Gasteiger partial charge in [0.05, 0.1) is 6.10 Å². The Morgan fingerprint density at radius 2 is 2.12 bits per heavy atom. The Kier molecular flexibility index (Phi) is 5.77. The van der Waals surface area contributed by atoms with Crippen LogP contribution in [0.1, 0.15) is 39.5 Å². The van der Waals surface area contributed by atoms with Crippen molar-refractivity contribution in [3.8, 4) is 0 Å². The molecule has 4 nitrogen and oxygen atoms in total. The third kappa shape index (κ3) is 4.49. The van der Waals surface area contributed by atoms with Gasteiger partial charge in [-0.3, -0.25) is 0 Å². The van der Waals surface area contributed by atoms with Gasteiger partial charge < -0.3 is 14.7 Å². The molecule has 94 valence electrons. The lowest BCUT2D eigenvalue weighted by molar-refractivity contribution is -0.145. The number of carboxylic acids is 1. The van der Waals surface area contributed by atoms with Crippen LogP contribution in [-0.2, 0) is 9.53 Å². The van der Waals surface area contributed by atoms with E-state index in [1.165, 1.54) is 12.8 Å². The minimum absolute atomic E-state index is 0.140. The highest BCUT2D eigenvalue weighted by Crippen LogP contribution is 2.17. The molecule has 0 aromatic rings. The maximum atomic E-state index is 10.4. The topological polar surface area (TPSA) is 49.8 Å². The minimum atomic E-state index is -0.873. The first-order valence-electron chi connectivity index (χ1n) is 6.21. The zero-order valence-electron chi connectivity index (χ0n) is 10.3. The van der Waals surface area contributed by atoms with E-state index < -0.39 is 5.97 Å². The number of rotatable bonds is 6. The molecule has 1 aliphatic heterocycles. The predicted octanol–water partition coefficient (Wildman–Crippen LogP) is 1.74. The highest BCUT2D eigenvalue weighted by Gasteiger charge is 2.22. The molecule has 0 aromatic carbocycles. The minimum Gasteiger partial charge on any atom is -0.480 e. The second kappa shape index (κ2) is 6.86. The Hall–Kier alpha value is -0.610. The maximum absolute atomic E-state index is 10.4. The van der Waals surface area contributed by atoms with Gasteiger partial charge in [-0.25, -0.2) is 4.79 Å². The number of carbonyl (C=O) groups is 1. The molecule has 1 heterocycles. The van der Waals surface area contributed by atoms with E-state index in [4.69, 9.17) is 9.84 Å². The zero-order chi connectivity index (χ0) is 12.0.